The molecule has 0 spiro atoms. The van der Waals surface area contributed by atoms with Gasteiger partial charge in [0.05, 0.1) is 5.69 Å². The molecule has 0 aliphatic carbocycles. The number of likely N-dealkylation sites (tertiary alicyclic amines) is 1. The number of nitrogens with zero attached hydrogens (tertiary/aromatic N) is 1. The zero-order chi connectivity index (χ0) is 25.8. The maximum Gasteiger partial charge on any atom is 0.222 e. The van der Waals surface area contributed by atoms with Gasteiger partial charge in [0, 0.05) is 68.1 Å². The second kappa shape index (κ2) is 11.3. The van der Waals surface area contributed by atoms with Gasteiger partial charge in [-0.3, -0.25) is 9.59 Å². The van der Waals surface area contributed by atoms with Crippen molar-refractivity contribution in [3.8, 4) is 11.5 Å². The summed E-state index contributed by atoms with van der Waals surface area (Å²) < 4.78 is 31.1. The lowest BCUT2D eigenvalue weighted by atomic mass is 9.95. The van der Waals surface area contributed by atoms with Gasteiger partial charge in [0.2, 0.25) is 5.91 Å². The monoisotopic (exact) mass is 508 g/mol. The van der Waals surface area contributed by atoms with Crippen LogP contribution in [-0.4, -0.2) is 48.2 Å². The zero-order valence-corrected chi connectivity index (χ0v) is 21.1. The number of halogens is 1. The smallest absolute Gasteiger partial charge is 0.222 e. The van der Waals surface area contributed by atoms with E-state index in [9.17, 15) is 14.0 Å². The summed E-state index contributed by atoms with van der Waals surface area (Å²) in [6.07, 6.45) is 4.20. The van der Waals surface area contributed by atoms with Crippen molar-refractivity contribution in [2.24, 2.45) is 5.92 Å². The molecule has 1 N–H and O–H groups in total. The fourth-order valence-electron chi connectivity index (χ4n) is 5.09. The van der Waals surface area contributed by atoms with Gasteiger partial charge in [-0.15, -0.1) is 0 Å². The third-order valence-electron chi connectivity index (χ3n) is 7.40. The standard InChI is InChI=1S/C29H33FN2O5/c1-19-27(31-26-6-5-21(30)16-25(26)29(19)34)18-36-23-3-2-4-24(17-23)37-22-7-11-32(12-8-22)28(33)15-20-9-13-35-14-10-20/h2-6,16-17,20,22H,7-15,18H2,1H3,(H,31,34). The Morgan fingerprint density at radius 2 is 1.84 bits per heavy atom. The van der Waals surface area contributed by atoms with Crippen molar-refractivity contribution in [2.45, 2.75) is 51.7 Å². The third kappa shape index (κ3) is 6.13. The molecule has 0 saturated carbocycles. The van der Waals surface area contributed by atoms with Gasteiger partial charge in [0.15, 0.2) is 5.43 Å². The lowest BCUT2D eigenvalue weighted by Crippen LogP contribution is -2.42. The number of hydrogen-bond acceptors (Lipinski definition) is 5. The Morgan fingerprint density at radius 1 is 1.08 bits per heavy atom. The number of aromatic amines is 1. The molecule has 37 heavy (non-hydrogen) atoms. The normalized spacial score (nSPS) is 17.2. The first kappa shape index (κ1) is 25.3. The van der Waals surface area contributed by atoms with E-state index < -0.39 is 5.82 Å². The predicted octanol–water partition coefficient (Wildman–Crippen LogP) is 4.74. The van der Waals surface area contributed by atoms with Crippen molar-refractivity contribution in [3.05, 3.63) is 69.8 Å². The molecule has 2 saturated heterocycles. The van der Waals surface area contributed by atoms with Crippen molar-refractivity contribution in [2.75, 3.05) is 26.3 Å². The predicted molar refractivity (Wildman–Crippen MR) is 138 cm³/mol. The van der Waals surface area contributed by atoms with Crippen LogP contribution in [0, 0.1) is 18.7 Å². The average Bonchev–Trinajstić information content (AvgIpc) is 2.91. The SMILES string of the molecule is Cc1c(COc2cccc(OC3CCN(C(=O)CC4CCOCC4)CC3)c2)[nH]c2ccc(F)cc2c1=O. The minimum Gasteiger partial charge on any atom is -0.490 e. The Hall–Kier alpha value is -3.39. The summed E-state index contributed by atoms with van der Waals surface area (Å²) in [4.78, 5) is 30.5. The van der Waals surface area contributed by atoms with Crippen LogP contribution < -0.4 is 14.9 Å². The Labute approximate surface area is 215 Å². The summed E-state index contributed by atoms with van der Waals surface area (Å²) in [6, 6.07) is 11.6. The number of amides is 1. The molecule has 1 amide bonds. The van der Waals surface area contributed by atoms with E-state index in [-0.39, 0.29) is 24.0 Å². The molecule has 2 aliphatic rings. The largest absolute Gasteiger partial charge is 0.490 e. The van der Waals surface area contributed by atoms with Crippen molar-refractivity contribution in [1.82, 2.24) is 9.88 Å². The van der Waals surface area contributed by atoms with E-state index in [1.165, 1.54) is 12.1 Å². The number of fused-ring (bicyclic) bond motifs is 1. The molecule has 0 atom stereocenters. The van der Waals surface area contributed by atoms with Crippen LogP contribution in [0.25, 0.3) is 10.9 Å². The number of pyridine rings is 1. The van der Waals surface area contributed by atoms with Gasteiger partial charge < -0.3 is 24.1 Å². The van der Waals surface area contributed by atoms with E-state index in [0.29, 0.717) is 59.1 Å². The Bertz CT molecular complexity index is 1310. The zero-order valence-electron chi connectivity index (χ0n) is 21.1. The maximum atomic E-state index is 13.6. The third-order valence-corrected chi connectivity index (χ3v) is 7.40. The molecule has 8 heteroatoms. The molecular weight excluding hydrogens is 475 g/mol. The maximum absolute atomic E-state index is 13.6. The number of benzene rings is 2. The van der Waals surface area contributed by atoms with E-state index in [1.54, 1.807) is 13.0 Å². The van der Waals surface area contributed by atoms with Gasteiger partial charge in [-0.2, -0.15) is 0 Å². The van der Waals surface area contributed by atoms with Crippen LogP contribution in [0.3, 0.4) is 0 Å². The molecule has 5 rings (SSSR count). The molecular formula is C29H33FN2O5. The number of nitrogens with one attached hydrogen (secondary N) is 1. The van der Waals surface area contributed by atoms with E-state index in [4.69, 9.17) is 14.2 Å². The molecule has 0 unspecified atom stereocenters. The van der Waals surface area contributed by atoms with Crippen LogP contribution in [0.2, 0.25) is 0 Å². The summed E-state index contributed by atoms with van der Waals surface area (Å²) in [5.74, 6) is 1.58. The van der Waals surface area contributed by atoms with Gasteiger partial charge in [-0.25, -0.2) is 4.39 Å². The molecule has 3 aromatic rings. The summed E-state index contributed by atoms with van der Waals surface area (Å²) in [5.41, 5.74) is 1.52. The van der Waals surface area contributed by atoms with Gasteiger partial charge in [0.25, 0.3) is 0 Å². The lowest BCUT2D eigenvalue weighted by Gasteiger charge is -2.33. The fourth-order valence-corrected chi connectivity index (χ4v) is 5.09. The fraction of sp³-hybridized carbons (Fsp3) is 0.448. The molecule has 196 valence electrons. The number of hydrogen-bond donors (Lipinski definition) is 1. The number of carbonyl (C=O) groups excluding carboxylic acids is 1. The van der Waals surface area contributed by atoms with Gasteiger partial charge in [-0.05, 0) is 56.0 Å². The summed E-state index contributed by atoms with van der Waals surface area (Å²) in [6.45, 7) is 4.83. The first-order valence-electron chi connectivity index (χ1n) is 13.0. The van der Waals surface area contributed by atoms with Gasteiger partial charge in [0.1, 0.15) is 30.0 Å². The van der Waals surface area contributed by atoms with Crippen LogP contribution >= 0.6 is 0 Å². The van der Waals surface area contributed by atoms with E-state index in [2.05, 4.69) is 4.98 Å². The molecule has 2 aliphatic heterocycles. The molecule has 7 nitrogen and oxygen atoms in total. The average molecular weight is 509 g/mol. The van der Waals surface area contributed by atoms with Crippen LogP contribution in [0.4, 0.5) is 4.39 Å². The summed E-state index contributed by atoms with van der Waals surface area (Å²) in [7, 11) is 0. The molecule has 0 radical (unpaired) electrons. The van der Waals surface area contributed by atoms with Crippen LogP contribution in [0.1, 0.15) is 43.4 Å². The van der Waals surface area contributed by atoms with E-state index in [1.807, 2.05) is 29.2 Å². The van der Waals surface area contributed by atoms with Crippen molar-refractivity contribution < 1.29 is 23.4 Å². The first-order valence-corrected chi connectivity index (χ1v) is 13.0. The highest BCUT2D eigenvalue weighted by Gasteiger charge is 2.26. The van der Waals surface area contributed by atoms with Crippen molar-refractivity contribution >= 4 is 16.8 Å². The Morgan fingerprint density at radius 3 is 2.62 bits per heavy atom. The van der Waals surface area contributed by atoms with Crippen LogP contribution in [0.5, 0.6) is 11.5 Å². The van der Waals surface area contributed by atoms with Crippen molar-refractivity contribution in [3.63, 3.8) is 0 Å². The Balaban J connectivity index is 1.15. The minimum atomic E-state index is -0.439. The summed E-state index contributed by atoms with van der Waals surface area (Å²) in [5, 5.41) is 0.327. The first-order chi connectivity index (χ1) is 18.0. The Kier molecular flexibility index (Phi) is 7.74. The van der Waals surface area contributed by atoms with Crippen LogP contribution in [0.15, 0.2) is 47.3 Å². The highest BCUT2D eigenvalue weighted by Crippen LogP contribution is 2.26. The topological polar surface area (TPSA) is 80.9 Å². The molecule has 3 heterocycles. The van der Waals surface area contributed by atoms with Gasteiger partial charge in [-0.1, -0.05) is 6.07 Å². The second-order valence-corrected chi connectivity index (χ2v) is 9.97. The van der Waals surface area contributed by atoms with E-state index in [0.717, 1.165) is 38.9 Å². The number of carbonyl (C=O) groups is 1. The lowest BCUT2D eigenvalue weighted by molar-refractivity contribution is -0.134. The van der Waals surface area contributed by atoms with Gasteiger partial charge >= 0.3 is 0 Å². The highest BCUT2D eigenvalue weighted by molar-refractivity contribution is 5.79. The number of rotatable bonds is 7. The quantitative estimate of drug-likeness (QED) is 0.499. The molecule has 2 aromatic carbocycles. The summed E-state index contributed by atoms with van der Waals surface area (Å²) >= 11 is 0. The highest BCUT2D eigenvalue weighted by atomic mass is 19.1. The number of aromatic nitrogens is 1. The van der Waals surface area contributed by atoms with E-state index >= 15 is 0 Å². The molecule has 1 aromatic heterocycles. The number of piperidine rings is 1. The number of ether oxygens (including phenoxy) is 3. The minimum absolute atomic E-state index is 0.0434. The molecule has 2 fully saturated rings. The van der Waals surface area contributed by atoms with Crippen molar-refractivity contribution in [1.29, 1.82) is 0 Å². The number of H-pyrrole nitrogens is 1. The van der Waals surface area contributed by atoms with Crippen LogP contribution in [-0.2, 0) is 16.1 Å². The second-order valence-electron chi connectivity index (χ2n) is 9.97. The molecule has 0 bridgehead atoms.